The summed E-state index contributed by atoms with van der Waals surface area (Å²) in [6, 6.07) is 24.1. The lowest BCUT2D eigenvalue weighted by Crippen LogP contribution is -1.99. The monoisotopic (exact) mass is 400 g/mol. The van der Waals surface area contributed by atoms with Crippen molar-refractivity contribution in [2.45, 2.75) is 32.8 Å². The molecule has 3 heteroatoms. The minimum Gasteiger partial charge on any atom is -0.493 e. The first-order valence-electron chi connectivity index (χ1n) is 10.3. The second-order valence-corrected chi connectivity index (χ2v) is 7.27. The molecule has 3 aromatic rings. The molecule has 3 nitrogen and oxygen atoms in total. The number of allylic oxidation sites excluding steroid dienone is 1. The standard InChI is InChI=1S/C27H28O3/c1-21-9-6-7-13-24(21)16-17-25(28)14-8-12-22-15-18-26(29-2)27(19-22)30-20-23-10-4-3-5-11-23/h3-7,9-11,13,15-19H,8,12,14,20H2,1-2H3/b17-16+. The summed E-state index contributed by atoms with van der Waals surface area (Å²) in [6.45, 7) is 2.54. The smallest absolute Gasteiger partial charge is 0.161 e. The number of carbonyl (C=O) groups excluding carboxylic acids is 1. The molecule has 0 bridgehead atoms. The van der Waals surface area contributed by atoms with E-state index in [0.717, 1.165) is 35.3 Å². The lowest BCUT2D eigenvalue weighted by molar-refractivity contribution is -0.114. The zero-order valence-electron chi connectivity index (χ0n) is 17.6. The number of ketones is 1. The molecule has 0 aliphatic heterocycles. The summed E-state index contributed by atoms with van der Waals surface area (Å²) in [5, 5.41) is 0. The second kappa shape index (κ2) is 11.0. The van der Waals surface area contributed by atoms with E-state index in [9.17, 15) is 4.79 Å². The van der Waals surface area contributed by atoms with Gasteiger partial charge >= 0.3 is 0 Å². The minimum absolute atomic E-state index is 0.146. The van der Waals surface area contributed by atoms with Crippen LogP contribution in [0.1, 0.15) is 35.1 Å². The number of methoxy groups -OCH3 is 1. The van der Waals surface area contributed by atoms with Gasteiger partial charge in [-0.25, -0.2) is 0 Å². The molecule has 0 aromatic heterocycles. The molecular formula is C27H28O3. The van der Waals surface area contributed by atoms with E-state index >= 15 is 0 Å². The molecule has 0 saturated heterocycles. The van der Waals surface area contributed by atoms with Gasteiger partial charge in [0.1, 0.15) is 6.61 Å². The fourth-order valence-corrected chi connectivity index (χ4v) is 3.23. The van der Waals surface area contributed by atoms with Crippen LogP contribution in [0.2, 0.25) is 0 Å². The highest BCUT2D eigenvalue weighted by Gasteiger charge is 2.07. The Morgan fingerprint density at radius 3 is 2.43 bits per heavy atom. The summed E-state index contributed by atoms with van der Waals surface area (Å²) >= 11 is 0. The van der Waals surface area contributed by atoms with Crippen molar-refractivity contribution in [2.75, 3.05) is 7.11 Å². The van der Waals surface area contributed by atoms with Crippen LogP contribution in [0.25, 0.3) is 6.08 Å². The normalized spacial score (nSPS) is 10.9. The zero-order valence-corrected chi connectivity index (χ0v) is 17.6. The molecule has 0 fully saturated rings. The number of benzene rings is 3. The Balaban J connectivity index is 1.53. The lowest BCUT2D eigenvalue weighted by Gasteiger charge is -2.12. The predicted octanol–water partition coefficient (Wildman–Crippen LogP) is 6.19. The summed E-state index contributed by atoms with van der Waals surface area (Å²) in [7, 11) is 1.64. The average Bonchev–Trinajstić information content (AvgIpc) is 2.78. The largest absolute Gasteiger partial charge is 0.493 e. The van der Waals surface area contributed by atoms with Gasteiger partial charge in [-0.2, -0.15) is 0 Å². The summed E-state index contributed by atoms with van der Waals surface area (Å²) in [6.07, 6.45) is 5.72. The predicted molar refractivity (Wildman–Crippen MR) is 122 cm³/mol. The molecule has 0 atom stereocenters. The highest BCUT2D eigenvalue weighted by Crippen LogP contribution is 2.29. The molecular weight excluding hydrogens is 372 g/mol. The van der Waals surface area contributed by atoms with Gasteiger partial charge in [-0.05, 0) is 60.2 Å². The minimum atomic E-state index is 0.146. The number of hydrogen-bond donors (Lipinski definition) is 0. The summed E-state index contributed by atoms with van der Waals surface area (Å²) in [5.74, 6) is 1.59. The molecule has 3 aromatic carbocycles. The Morgan fingerprint density at radius 2 is 1.67 bits per heavy atom. The van der Waals surface area contributed by atoms with Gasteiger partial charge in [0.2, 0.25) is 0 Å². The fraction of sp³-hybridized carbons (Fsp3) is 0.222. The molecule has 3 rings (SSSR count). The van der Waals surface area contributed by atoms with Crippen molar-refractivity contribution in [1.82, 2.24) is 0 Å². The van der Waals surface area contributed by atoms with Gasteiger partial charge < -0.3 is 9.47 Å². The van der Waals surface area contributed by atoms with E-state index in [-0.39, 0.29) is 5.78 Å². The van der Waals surface area contributed by atoms with Crippen molar-refractivity contribution >= 4 is 11.9 Å². The summed E-state index contributed by atoms with van der Waals surface area (Å²) < 4.78 is 11.4. The van der Waals surface area contributed by atoms with Crippen molar-refractivity contribution in [3.8, 4) is 11.5 Å². The third-order valence-corrected chi connectivity index (χ3v) is 4.99. The van der Waals surface area contributed by atoms with Crippen molar-refractivity contribution in [1.29, 1.82) is 0 Å². The quantitative estimate of drug-likeness (QED) is 0.381. The highest BCUT2D eigenvalue weighted by atomic mass is 16.5. The van der Waals surface area contributed by atoms with Crippen LogP contribution in [0.15, 0.2) is 78.9 Å². The van der Waals surface area contributed by atoms with Gasteiger partial charge in [0.05, 0.1) is 7.11 Å². The first-order valence-corrected chi connectivity index (χ1v) is 10.3. The number of carbonyl (C=O) groups is 1. The highest BCUT2D eigenvalue weighted by molar-refractivity contribution is 5.93. The van der Waals surface area contributed by atoms with Gasteiger partial charge in [-0.1, -0.05) is 66.7 Å². The van der Waals surface area contributed by atoms with Gasteiger partial charge in [0.15, 0.2) is 17.3 Å². The van der Waals surface area contributed by atoms with Gasteiger partial charge in [-0.15, -0.1) is 0 Å². The van der Waals surface area contributed by atoms with Crippen molar-refractivity contribution in [2.24, 2.45) is 0 Å². The van der Waals surface area contributed by atoms with Crippen molar-refractivity contribution in [3.05, 3.63) is 101 Å². The molecule has 0 unspecified atom stereocenters. The van der Waals surface area contributed by atoms with Crippen LogP contribution in [-0.4, -0.2) is 12.9 Å². The zero-order chi connectivity index (χ0) is 21.2. The Labute approximate surface area is 179 Å². The maximum absolute atomic E-state index is 12.2. The van der Waals surface area contributed by atoms with Crippen LogP contribution in [-0.2, 0) is 17.8 Å². The summed E-state index contributed by atoms with van der Waals surface area (Å²) in [5.41, 5.74) is 4.49. The maximum atomic E-state index is 12.2. The van der Waals surface area contributed by atoms with Crippen molar-refractivity contribution < 1.29 is 14.3 Å². The first-order chi connectivity index (χ1) is 14.7. The first kappa shape index (κ1) is 21.4. The fourth-order valence-electron chi connectivity index (χ4n) is 3.23. The SMILES string of the molecule is COc1ccc(CCCC(=O)/C=C/c2ccccc2C)cc1OCc1ccccc1. The average molecular weight is 401 g/mol. The summed E-state index contributed by atoms with van der Waals surface area (Å²) in [4.78, 5) is 12.2. The molecule has 0 N–H and O–H groups in total. The molecule has 0 heterocycles. The molecule has 154 valence electrons. The number of aryl methyl sites for hydroxylation is 2. The van der Waals surface area contributed by atoms with Gasteiger partial charge in [0.25, 0.3) is 0 Å². The number of ether oxygens (including phenoxy) is 2. The van der Waals surface area contributed by atoms with E-state index in [1.54, 1.807) is 13.2 Å². The molecule has 0 saturated carbocycles. The molecule has 0 spiro atoms. The van der Waals surface area contributed by atoms with Crippen molar-refractivity contribution in [3.63, 3.8) is 0 Å². The Bertz CT molecular complexity index is 990. The van der Waals surface area contributed by atoms with Crippen LogP contribution in [0.4, 0.5) is 0 Å². The molecule has 30 heavy (non-hydrogen) atoms. The molecule has 0 aliphatic rings. The van der Waals surface area contributed by atoms with E-state index < -0.39 is 0 Å². The Morgan fingerprint density at radius 1 is 0.900 bits per heavy atom. The van der Waals surface area contributed by atoms with E-state index in [4.69, 9.17) is 9.47 Å². The lowest BCUT2D eigenvalue weighted by atomic mass is 10.0. The van der Waals surface area contributed by atoms with Gasteiger partial charge in [0, 0.05) is 6.42 Å². The van der Waals surface area contributed by atoms with E-state index in [1.165, 1.54) is 5.56 Å². The number of rotatable bonds is 10. The molecule has 0 amide bonds. The third-order valence-electron chi connectivity index (χ3n) is 4.99. The van der Waals surface area contributed by atoms with E-state index in [1.807, 2.05) is 85.8 Å². The maximum Gasteiger partial charge on any atom is 0.161 e. The number of hydrogen-bond acceptors (Lipinski definition) is 3. The topological polar surface area (TPSA) is 35.5 Å². The second-order valence-electron chi connectivity index (χ2n) is 7.27. The Kier molecular flexibility index (Phi) is 7.85. The molecule has 0 aliphatic carbocycles. The van der Waals surface area contributed by atoms with Gasteiger partial charge in [-0.3, -0.25) is 4.79 Å². The Hall–Kier alpha value is -3.33. The third kappa shape index (κ3) is 6.35. The van der Waals surface area contributed by atoms with Crippen LogP contribution in [0.3, 0.4) is 0 Å². The van der Waals surface area contributed by atoms with Crippen LogP contribution in [0, 0.1) is 6.92 Å². The van der Waals surface area contributed by atoms with Crippen LogP contribution < -0.4 is 9.47 Å². The van der Waals surface area contributed by atoms with E-state index in [0.29, 0.717) is 18.8 Å². The van der Waals surface area contributed by atoms with Crippen LogP contribution >= 0.6 is 0 Å². The molecule has 0 radical (unpaired) electrons. The van der Waals surface area contributed by atoms with Crippen LogP contribution in [0.5, 0.6) is 11.5 Å². The van der Waals surface area contributed by atoms with E-state index in [2.05, 4.69) is 0 Å².